The minimum Gasteiger partial charge on any atom is -0.410 e. The molecule has 1 amide bonds. The maximum absolute atomic E-state index is 11.1. The van der Waals surface area contributed by atoms with E-state index < -0.39 is 11.0 Å². The molecule has 0 saturated heterocycles. The Morgan fingerprint density at radius 1 is 1.50 bits per heavy atom. The maximum Gasteiger partial charge on any atom is 0.413 e. The van der Waals surface area contributed by atoms with Crippen LogP contribution in [0, 0.1) is 10.1 Å². The lowest BCUT2D eigenvalue weighted by Crippen LogP contribution is -2.31. The molecule has 0 spiro atoms. The fourth-order valence-corrected chi connectivity index (χ4v) is 1.05. The number of nitro groups is 1. The number of rotatable bonds is 3. The van der Waals surface area contributed by atoms with Crippen LogP contribution in [-0.2, 0) is 0 Å². The van der Waals surface area contributed by atoms with E-state index in [1.165, 1.54) is 24.3 Å². The van der Waals surface area contributed by atoms with Crippen LogP contribution in [0.1, 0.15) is 6.92 Å². The summed E-state index contributed by atoms with van der Waals surface area (Å²) in [5.41, 5.74) is -0.0599. The molecule has 86 valence electrons. The van der Waals surface area contributed by atoms with Crippen LogP contribution in [0.3, 0.4) is 0 Å². The van der Waals surface area contributed by atoms with E-state index in [0.717, 1.165) is 0 Å². The lowest BCUT2D eigenvalue weighted by molar-refractivity contribution is -0.384. The van der Waals surface area contributed by atoms with E-state index in [1.807, 2.05) is 0 Å². The second-order valence-corrected chi connectivity index (χ2v) is 3.74. The van der Waals surface area contributed by atoms with Crippen molar-refractivity contribution in [1.82, 2.24) is 5.32 Å². The zero-order valence-corrected chi connectivity index (χ0v) is 9.31. The van der Waals surface area contributed by atoms with Gasteiger partial charge in [-0.3, -0.25) is 10.1 Å². The Balaban J connectivity index is 2.62. The summed E-state index contributed by atoms with van der Waals surface area (Å²) in [5.74, 6) is 0.233. The summed E-state index contributed by atoms with van der Waals surface area (Å²) in [4.78, 5) is 21.0. The van der Waals surface area contributed by atoms with Crippen LogP contribution in [0.25, 0.3) is 0 Å². The van der Waals surface area contributed by atoms with E-state index in [-0.39, 0.29) is 16.8 Å². The quantitative estimate of drug-likeness (QED) is 0.367. The van der Waals surface area contributed by atoms with Gasteiger partial charge in [0.25, 0.3) is 5.69 Å². The number of ether oxygens (including phenoxy) is 1. The van der Waals surface area contributed by atoms with Crippen LogP contribution in [0.15, 0.2) is 24.3 Å². The van der Waals surface area contributed by atoms with Crippen LogP contribution in [0.5, 0.6) is 5.75 Å². The Morgan fingerprint density at radius 2 is 2.06 bits per heavy atom. The molecule has 0 aliphatic carbocycles. The Kier molecular flexibility index (Phi) is 4.12. The Bertz CT molecular complexity index is 391. The first-order chi connectivity index (χ1) is 7.49. The van der Waals surface area contributed by atoms with Crippen LogP contribution >= 0.6 is 12.6 Å². The third-order valence-electron chi connectivity index (χ3n) is 1.58. The summed E-state index contributed by atoms with van der Waals surface area (Å²) in [6, 6.07) is 5.21. The highest BCUT2D eigenvalue weighted by Crippen LogP contribution is 2.17. The summed E-state index contributed by atoms with van der Waals surface area (Å²) in [7, 11) is 0. The van der Waals surface area contributed by atoms with E-state index >= 15 is 0 Å². The van der Waals surface area contributed by atoms with Crippen molar-refractivity contribution in [3.63, 3.8) is 0 Å². The van der Waals surface area contributed by atoms with Gasteiger partial charge in [0.05, 0.1) is 10.3 Å². The first-order valence-corrected chi connectivity index (χ1v) is 4.91. The zero-order valence-electron chi connectivity index (χ0n) is 8.41. The molecule has 1 unspecified atom stereocenters. The molecular weight excluding hydrogens is 232 g/mol. The van der Waals surface area contributed by atoms with Gasteiger partial charge in [-0.2, -0.15) is 12.6 Å². The predicted molar refractivity (Wildman–Crippen MR) is 60.7 cm³/mol. The number of non-ortho nitro benzene ring substituents is 1. The van der Waals surface area contributed by atoms with Crippen molar-refractivity contribution in [2.45, 2.75) is 12.3 Å². The second kappa shape index (κ2) is 5.36. The van der Waals surface area contributed by atoms with Crippen molar-refractivity contribution >= 4 is 24.4 Å². The molecule has 1 rings (SSSR count). The average Bonchev–Trinajstić information content (AvgIpc) is 2.16. The van der Waals surface area contributed by atoms with E-state index in [1.54, 1.807) is 6.92 Å². The van der Waals surface area contributed by atoms with Gasteiger partial charge < -0.3 is 10.1 Å². The molecule has 7 heteroatoms. The molecule has 0 aliphatic heterocycles. The van der Waals surface area contributed by atoms with Gasteiger partial charge in [0.1, 0.15) is 5.75 Å². The lowest BCUT2D eigenvalue weighted by Gasteiger charge is -2.07. The van der Waals surface area contributed by atoms with Gasteiger partial charge in [0.15, 0.2) is 0 Å². The molecule has 0 fully saturated rings. The van der Waals surface area contributed by atoms with Crippen molar-refractivity contribution in [2.24, 2.45) is 0 Å². The van der Waals surface area contributed by atoms with Crippen molar-refractivity contribution < 1.29 is 14.5 Å². The molecule has 0 radical (unpaired) electrons. The number of carbonyl (C=O) groups is 1. The molecule has 16 heavy (non-hydrogen) atoms. The highest BCUT2D eigenvalue weighted by molar-refractivity contribution is 7.80. The summed E-state index contributed by atoms with van der Waals surface area (Å²) < 4.78 is 4.84. The topological polar surface area (TPSA) is 81.5 Å². The fourth-order valence-electron chi connectivity index (χ4n) is 0.943. The van der Waals surface area contributed by atoms with Crippen LogP contribution in [-0.4, -0.2) is 16.4 Å². The number of thiol groups is 1. The first kappa shape index (κ1) is 12.3. The molecule has 1 aromatic rings. The molecule has 1 N–H and O–H groups in total. The minimum atomic E-state index is -0.656. The molecule has 0 aliphatic rings. The van der Waals surface area contributed by atoms with Gasteiger partial charge in [-0.15, -0.1) is 0 Å². The number of hydrogen-bond donors (Lipinski definition) is 2. The van der Waals surface area contributed by atoms with Crippen molar-refractivity contribution in [3.8, 4) is 5.75 Å². The number of nitrogens with zero attached hydrogens (tertiary/aromatic N) is 1. The molecule has 1 aromatic carbocycles. The average molecular weight is 242 g/mol. The van der Waals surface area contributed by atoms with Crippen LogP contribution in [0.4, 0.5) is 10.5 Å². The zero-order chi connectivity index (χ0) is 12.1. The monoisotopic (exact) mass is 242 g/mol. The van der Waals surface area contributed by atoms with E-state index in [4.69, 9.17) is 4.74 Å². The summed E-state index contributed by atoms with van der Waals surface area (Å²) in [5, 5.41) is 12.4. The van der Waals surface area contributed by atoms with E-state index in [0.29, 0.717) is 0 Å². The van der Waals surface area contributed by atoms with Gasteiger partial charge in [-0.25, -0.2) is 4.79 Å². The summed E-state index contributed by atoms with van der Waals surface area (Å²) in [6.45, 7) is 1.67. The smallest absolute Gasteiger partial charge is 0.410 e. The Morgan fingerprint density at radius 3 is 2.50 bits per heavy atom. The van der Waals surface area contributed by atoms with E-state index in [2.05, 4.69) is 17.9 Å². The third kappa shape index (κ3) is 3.77. The minimum absolute atomic E-state index is 0.0599. The summed E-state index contributed by atoms with van der Waals surface area (Å²) in [6.07, 6.45) is -0.656. The van der Waals surface area contributed by atoms with Crippen molar-refractivity contribution in [1.29, 1.82) is 0 Å². The van der Waals surface area contributed by atoms with Gasteiger partial charge in [-0.05, 0) is 19.1 Å². The molecule has 6 nitrogen and oxygen atoms in total. The third-order valence-corrected chi connectivity index (χ3v) is 1.71. The van der Waals surface area contributed by atoms with Gasteiger partial charge in [0, 0.05) is 12.1 Å². The molecule has 0 bridgehead atoms. The van der Waals surface area contributed by atoms with Gasteiger partial charge in [0.2, 0.25) is 0 Å². The maximum atomic E-state index is 11.1. The SMILES string of the molecule is CC(S)NC(=O)Oc1ccc([N+](=O)[O-])cc1. The van der Waals surface area contributed by atoms with Crippen LogP contribution < -0.4 is 10.1 Å². The number of nitro benzene ring substituents is 1. The molecular formula is C9H10N2O4S. The van der Waals surface area contributed by atoms with Gasteiger partial charge in [-0.1, -0.05) is 0 Å². The molecule has 1 atom stereocenters. The van der Waals surface area contributed by atoms with E-state index in [9.17, 15) is 14.9 Å². The predicted octanol–water partition coefficient (Wildman–Crippen LogP) is 1.96. The molecule has 0 heterocycles. The van der Waals surface area contributed by atoms with Crippen molar-refractivity contribution in [2.75, 3.05) is 0 Å². The highest BCUT2D eigenvalue weighted by Gasteiger charge is 2.08. The molecule has 0 saturated carbocycles. The Hall–Kier alpha value is -1.76. The number of amides is 1. The van der Waals surface area contributed by atoms with Gasteiger partial charge >= 0.3 is 6.09 Å². The standard InChI is InChI=1S/C9H10N2O4S/c1-6(16)10-9(12)15-8-4-2-7(3-5-8)11(13)14/h2-6,16H,1H3,(H,10,12). The largest absolute Gasteiger partial charge is 0.413 e. The first-order valence-electron chi connectivity index (χ1n) is 4.40. The normalized spacial score (nSPS) is 11.6. The second-order valence-electron chi connectivity index (χ2n) is 2.96. The number of nitrogens with one attached hydrogen (secondary N) is 1. The Labute approximate surface area is 97.2 Å². The number of carbonyl (C=O) groups excluding carboxylic acids is 1. The number of benzene rings is 1. The number of hydrogen-bond acceptors (Lipinski definition) is 5. The highest BCUT2D eigenvalue weighted by atomic mass is 32.1. The molecule has 0 aromatic heterocycles. The van der Waals surface area contributed by atoms with Crippen LogP contribution in [0.2, 0.25) is 0 Å². The fraction of sp³-hybridized carbons (Fsp3) is 0.222. The lowest BCUT2D eigenvalue weighted by atomic mass is 10.3. The van der Waals surface area contributed by atoms with Crippen molar-refractivity contribution in [3.05, 3.63) is 34.4 Å². The summed E-state index contributed by atoms with van der Waals surface area (Å²) >= 11 is 3.95.